The molecule has 0 saturated carbocycles. The molecule has 1 fully saturated rings. The summed E-state index contributed by atoms with van der Waals surface area (Å²) in [5.74, 6) is 6.90. The lowest BCUT2D eigenvalue weighted by Crippen LogP contribution is -2.53. The molecular weight excluding hydrogens is 492 g/mol. The van der Waals surface area contributed by atoms with E-state index >= 15 is 0 Å². The molecule has 39 heavy (non-hydrogen) atoms. The fraction of sp³-hybridized carbons (Fsp3) is 0.333. The number of fused-ring (bicyclic) bond motifs is 1. The van der Waals surface area contributed by atoms with Gasteiger partial charge in [-0.05, 0) is 60.1 Å². The number of carbonyl (C=O) groups excluding carboxylic acids is 2. The lowest BCUT2D eigenvalue weighted by atomic mass is 9.97. The van der Waals surface area contributed by atoms with Gasteiger partial charge in [-0.2, -0.15) is 0 Å². The topological polar surface area (TPSA) is 116 Å². The predicted octanol–water partition coefficient (Wildman–Crippen LogP) is 4.79. The van der Waals surface area contributed by atoms with E-state index in [1.165, 1.54) is 7.11 Å². The summed E-state index contributed by atoms with van der Waals surface area (Å²) in [6.07, 6.45) is 7.27. The first-order chi connectivity index (χ1) is 18.9. The molecule has 2 atom stereocenters. The third-order valence-corrected chi connectivity index (χ3v) is 7.08. The Morgan fingerprint density at radius 3 is 2.69 bits per heavy atom. The van der Waals surface area contributed by atoms with Crippen LogP contribution in [0, 0.1) is 17.8 Å². The quantitative estimate of drug-likeness (QED) is 0.325. The molecule has 200 valence electrons. The minimum atomic E-state index is -0.671. The number of aromatic nitrogens is 4. The first-order valence-corrected chi connectivity index (χ1v) is 13.2. The SMILES string of the molecule is COC(=O)NC(C(=O)N1CCCCC1c1ncc(C#Cc2ccc3cc(-c4cnc[nH]4)ccc3c2)[nH]1)C(C)C. The van der Waals surface area contributed by atoms with Gasteiger partial charge in [0.1, 0.15) is 17.6 Å². The maximum Gasteiger partial charge on any atom is 0.407 e. The summed E-state index contributed by atoms with van der Waals surface area (Å²) in [4.78, 5) is 42.3. The Hall–Kier alpha value is -4.58. The number of nitrogens with zero attached hydrogens (tertiary/aromatic N) is 3. The summed E-state index contributed by atoms with van der Waals surface area (Å²) in [6, 6.07) is 11.5. The highest BCUT2D eigenvalue weighted by Gasteiger charge is 2.36. The van der Waals surface area contributed by atoms with Crippen molar-refractivity contribution in [3.63, 3.8) is 0 Å². The first kappa shape index (κ1) is 26.0. The van der Waals surface area contributed by atoms with Crippen molar-refractivity contribution >= 4 is 22.8 Å². The van der Waals surface area contributed by atoms with Gasteiger partial charge in [-0.1, -0.05) is 38.0 Å². The van der Waals surface area contributed by atoms with Crippen LogP contribution in [-0.4, -0.2) is 56.5 Å². The number of rotatable bonds is 5. The van der Waals surface area contributed by atoms with Gasteiger partial charge in [0.05, 0.1) is 37.6 Å². The maximum atomic E-state index is 13.5. The summed E-state index contributed by atoms with van der Waals surface area (Å²) in [6.45, 7) is 4.42. The van der Waals surface area contributed by atoms with E-state index in [4.69, 9.17) is 4.74 Å². The molecule has 1 saturated heterocycles. The summed E-state index contributed by atoms with van der Waals surface area (Å²) in [5.41, 5.74) is 3.65. The van der Waals surface area contributed by atoms with E-state index in [1.54, 1.807) is 12.5 Å². The number of H-pyrrole nitrogens is 2. The Bertz CT molecular complexity index is 1530. The van der Waals surface area contributed by atoms with Crippen LogP contribution >= 0.6 is 0 Å². The van der Waals surface area contributed by atoms with Crippen molar-refractivity contribution in [2.45, 2.75) is 45.2 Å². The standard InChI is InChI=1S/C30H32N6O3/c1-19(2)27(35-30(38)39-3)29(37)36-13-5-4-6-26(36)28-32-16-24(34-28)12-8-20-7-9-22-15-23(11-10-21(22)14-20)25-17-31-18-33-25/h7,9-11,14-19,26-27H,4-6,13H2,1-3H3,(H,31,33)(H,32,34)(H,35,38). The molecule has 9 nitrogen and oxygen atoms in total. The molecule has 0 spiro atoms. The number of methoxy groups -OCH3 is 1. The van der Waals surface area contributed by atoms with Crippen LogP contribution in [0.1, 0.15) is 56.2 Å². The Kier molecular flexibility index (Phi) is 7.64. The summed E-state index contributed by atoms with van der Waals surface area (Å²) < 4.78 is 4.73. The van der Waals surface area contributed by atoms with E-state index in [-0.39, 0.29) is 17.9 Å². The lowest BCUT2D eigenvalue weighted by molar-refractivity contribution is -0.138. The van der Waals surface area contributed by atoms with Gasteiger partial charge in [0.15, 0.2) is 0 Å². The molecule has 5 rings (SSSR count). The number of amides is 2. The average molecular weight is 525 g/mol. The molecule has 1 aliphatic rings. The summed E-state index contributed by atoms with van der Waals surface area (Å²) in [5, 5.41) is 4.92. The van der Waals surface area contributed by atoms with Crippen molar-refractivity contribution in [2.24, 2.45) is 5.92 Å². The number of alkyl carbamates (subject to hydrolysis) is 1. The molecule has 0 bridgehead atoms. The zero-order valence-corrected chi connectivity index (χ0v) is 22.3. The Morgan fingerprint density at radius 2 is 1.92 bits per heavy atom. The molecule has 4 aromatic rings. The Balaban J connectivity index is 1.33. The van der Waals surface area contributed by atoms with Crippen LogP contribution in [0.3, 0.4) is 0 Å². The molecule has 2 aromatic carbocycles. The van der Waals surface area contributed by atoms with E-state index in [2.05, 4.69) is 67.4 Å². The monoisotopic (exact) mass is 524 g/mol. The molecule has 9 heteroatoms. The van der Waals surface area contributed by atoms with E-state index in [1.807, 2.05) is 31.0 Å². The molecule has 2 unspecified atom stereocenters. The highest BCUT2D eigenvalue weighted by atomic mass is 16.5. The average Bonchev–Trinajstić information content (AvgIpc) is 3.67. The smallest absolute Gasteiger partial charge is 0.407 e. The number of imidazole rings is 2. The molecule has 3 N–H and O–H groups in total. The van der Waals surface area contributed by atoms with Crippen LogP contribution in [0.15, 0.2) is 55.1 Å². The van der Waals surface area contributed by atoms with Crippen LogP contribution < -0.4 is 5.32 Å². The second-order valence-electron chi connectivity index (χ2n) is 10.1. The number of benzene rings is 2. The van der Waals surface area contributed by atoms with Crippen molar-refractivity contribution in [3.8, 4) is 23.1 Å². The minimum Gasteiger partial charge on any atom is -0.453 e. The third-order valence-electron chi connectivity index (χ3n) is 7.08. The fourth-order valence-electron chi connectivity index (χ4n) is 4.97. The van der Waals surface area contributed by atoms with Gasteiger partial charge in [-0.15, -0.1) is 0 Å². The van der Waals surface area contributed by atoms with Gasteiger partial charge < -0.3 is 24.9 Å². The molecular formula is C30H32N6O3. The molecule has 0 aliphatic carbocycles. The van der Waals surface area contributed by atoms with Crippen LogP contribution in [0.4, 0.5) is 4.79 Å². The van der Waals surface area contributed by atoms with E-state index in [0.717, 1.165) is 46.9 Å². The van der Waals surface area contributed by atoms with Gasteiger partial charge in [0.2, 0.25) is 5.91 Å². The van der Waals surface area contributed by atoms with Crippen molar-refractivity contribution in [3.05, 3.63) is 72.2 Å². The van der Waals surface area contributed by atoms with Crippen molar-refractivity contribution in [2.75, 3.05) is 13.7 Å². The molecule has 3 heterocycles. The van der Waals surface area contributed by atoms with Gasteiger partial charge in [0.25, 0.3) is 0 Å². The minimum absolute atomic E-state index is 0.0868. The molecule has 2 amide bonds. The van der Waals surface area contributed by atoms with Gasteiger partial charge in [-0.25, -0.2) is 14.8 Å². The highest BCUT2D eigenvalue weighted by molar-refractivity contribution is 5.88. The Labute approximate surface area is 227 Å². The van der Waals surface area contributed by atoms with Crippen LogP contribution in [-0.2, 0) is 9.53 Å². The zero-order valence-electron chi connectivity index (χ0n) is 22.3. The molecule has 0 radical (unpaired) electrons. The summed E-state index contributed by atoms with van der Waals surface area (Å²) >= 11 is 0. The number of carbonyl (C=O) groups is 2. The van der Waals surface area contributed by atoms with Gasteiger partial charge >= 0.3 is 6.09 Å². The Morgan fingerprint density at radius 1 is 1.10 bits per heavy atom. The first-order valence-electron chi connectivity index (χ1n) is 13.2. The fourth-order valence-corrected chi connectivity index (χ4v) is 4.97. The van der Waals surface area contributed by atoms with E-state index in [0.29, 0.717) is 18.1 Å². The number of piperidine rings is 1. The van der Waals surface area contributed by atoms with Gasteiger partial charge in [-0.3, -0.25) is 4.79 Å². The van der Waals surface area contributed by atoms with Crippen LogP contribution in [0.25, 0.3) is 22.0 Å². The van der Waals surface area contributed by atoms with E-state index < -0.39 is 12.1 Å². The highest BCUT2D eigenvalue weighted by Crippen LogP contribution is 2.30. The number of ether oxygens (including phenoxy) is 1. The number of hydrogen-bond donors (Lipinski definition) is 3. The second kappa shape index (κ2) is 11.4. The van der Waals surface area contributed by atoms with E-state index in [9.17, 15) is 9.59 Å². The molecule has 2 aromatic heterocycles. The lowest BCUT2D eigenvalue weighted by Gasteiger charge is -2.37. The van der Waals surface area contributed by atoms with Crippen LogP contribution in [0.2, 0.25) is 0 Å². The zero-order chi connectivity index (χ0) is 27.4. The molecule has 1 aliphatic heterocycles. The predicted molar refractivity (Wildman–Crippen MR) is 149 cm³/mol. The van der Waals surface area contributed by atoms with Crippen molar-refractivity contribution < 1.29 is 14.3 Å². The number of nitrogens with one attached hydrogen (secondary N) is 3. The second-order valence-corrected chi connectivity index (χ2v) is 10.1. The number of aromatic amines is 2. The van der Waals surface area contributed by atoms with Crippen molar-refractivity contribution in [1.29, 1.82) is 0 Å². The van der Waals surface area contributed by atoms with Crippen LogP contribution in [0.5, 0.6) is 0 Å². The third kappa shape index (κ3) is 5.80. The largest absolute Gasteiger partial charge is 0.453 e. The van der Waals surface area contributed by atoms with Crippen molar-refractivity contribution in [1.82, 2.24) is 30.2 Å². The number of hydrogen-bond acceptors (Lipinski definition) is 5. The summed E-state index contributed by atoms with van der Waals surface area (Å²) in [7, 11) is 1.29. The van der Waals surface area contributed by atoms with Gasteiger partial charge in [0, 0.05) is 17.7 Å². The normalized spacial score (nSPS) is 16.0. The maximum absolute atomic E-state index is 13.5. The number of likely N-dealkylation sites (tertiary alicyclic amines) is 1.